The lowest BCUT2D eigenvalue weighted by molar-refractivity contribution is -0.137. The molecule has 0 aliphatic carbocycles. The van der Waals surface area contributed by atoms with Crippen molar-refractivity contribution in [3.8, 4) is 0 Å². The highest BCUT2D eigenvalue weighted by atomic mass is 19.4. The van der Waals surface area contributed by atoms with Crippen LogP contribution in [0.25, 0.3) is 0 Å². The van der Waals surface area contributed by atoms with Crippen LogP contribution in [0.1, 0.15) is 82.3 Å². The summed E-state index contributed by atoms with van der Waals surface area (Å²) >= 11 is 0. The lowest BCUT2D eigenvalue weighted by Crippen LogP contribution is -2.17. The third-order valence-electron chi connectivity index (χ3n) is 4.17. The zero-order chi connectivity index (χ0) is 19.3. The van der Waals surface area contributed by atoms with Crippen LogP contribution in [-0.2, 0) is 11.0 Å². The molecule has 0 saturated carbocycles. The zero-order valence-corrected chi connectivity index (χ0v) is 15.4. The molecule has 6 heteroatoms. The molecule has 0 aliphatic heterocycles. The van der Waals surface area contributed by atoms with Gasteiger partial charge in [-0.2, -0.15) is 18.3 Å². The second-order valence-corrected chi connectivity index (χ2v) is 6.46. The van der Waals surface area contributed by atoms with Crippen molar-refractivity contribution in [2.75, 3.05) is 0 Å². The van der Waals surface area contributed by atoms with Crippen molar-refractivity contribution in [2.24, 2.45) is 5.10 Å². The second kappa shape index (κ2) is 12.5. The van der Waals surface area contributed by atoms with E-state index in [1.54, 1.807) is 0 Å². The number of alkyl halides is 3. The molecule has 0 aliphatic rings. The number of carbonyl (C=O) groups excluding carboxylic acids is 1. The van der Waals surface area contributed by atoms with Crippen LogP contribution in [0.2, 0.25) is 0 Å². The summed E-state index contributed by atoms with van der Waals surface area (Å²) in [6.07, 6.45) is 7.38. The number of nitrogens with zero attached hydrogens (tertiary/aromatic N) is 1. The van der Waals surface area contributed by atoms with Crippen LogP contribution < -0.4 is 5.43 Å². The van der Waals surface area contributed by atoms with E-state index in [4.69, 9.17) is 0 Å². The molecule has 0 bridgehead atoms. The molecule has 1 rings (SSSR count). The van der Waals surface area contributed by atoms with Crippen molar-refractivity contribution in [1.29, 1.82) is 0 Å². The first-order valence-corrected chi connectivity index (χ1v) is 9.43. The molecule has 1 aromatic rings. The van der Waals surface area contributed by atoms with E-state index in [2.05, 4.69) is 17.5 Å². The maximum atomic E-state index is 12.8. The number of carbonyl (C=O) groups is 1. The molecule has 0 fully saturated rings. The van der Waals surface area contributed by atoms with E-state index in [0.29, 0.717) is 6.42 Å². The summed E-state index contributed by atoms with van der Waals surface area (Å²) in [5.74, 6) is -0.270. The van der Waals surface area contributed by atoms with E-state index >= 15 is 0 Å². The van der Waals surface area contributed by atoms with Gasteiger partial charge in [-0.25, -0.2) is 5.43 Å². The van der Waals surface area contributed by atoms with Crippen molar-refractivity contribution >= 4 is 12.1 Å². The van der Waals surface area contributed by atoms with Gasteiger partial charge in [0.1, 0.15) is 0 Å². The van der Waals surface area contributed by atoms with Crippen LogP contribution in [0.5, 0.6) is 0 Å². The SMILES string of the molecule is CCCCCCCCCCCC(=O)N/N=C/c1ccccc1C(F)(F)F. The first kappa shape index (κ1) is 22.2. The number of unbranched alkanes of at least 4 members (excludes halogenated alkanes) is 8. The van der Waals surface area contributed by atoms with Crippen LogP contribution in [0.4, 0.5) is 13.2 Å². The number of hydrogen-bond acceptors (Lipinski definition) is 2. The van der Waals surface area contributed by atoms with Gasteiger partial charge in [-0.15, -0.1) is 0 Å². The number of hydrogen-bond donors (Lipinski definition) is 1. The first-order valence-electron chi connectivity index (χ1n) is 9.43. The van der Waals surface area contributed by atoms with Gasteiger partial charge in [0.2, 0.25) is 5.91 Å². The first-order chi connectivity index (χ1) is 12.4. The summed E-state index contributed by atoms with van der Waals surface area (Å²) in [5, 5.41) is 3.65. The Kier molecular flexibility index (Phi) is 10.7. The smallest absolute Gasteiger partial charge is 0.273 e. The van der Waals surface area contributed by atoms with E-state index in [-0.39, 0.29) is 11.5 Å². The Labute approximate surface area is 154 Å². The zero-order valence-electron chi connectivity index (χ0n) is 15.4. The quantitative estimate of drug-likeness (QED) is 0.270. The summed E-state index contributed by atoms with van der Waals surface area (Å²) in [6.45, 7) is 2.20. The van der Waals surface area contributed by atoms with Gasteiger partial charge in [-0.3, -0.25) is 4.79 Å². The lowest BCUT2D eigenvalue weighted by Gasteiger charge is -2.09. The molecule has 0 atom stereocenters. The van der Waals surface area contributed by atoms with Crippen LogP contribution in [-0.4, -0.2) is 12.1 Å². The van der Waals surface area contributed by atoms with E-state index in [9.17, 15) is 18.0 Å². The van der Waals surface area contributed by atoms with Gasteiger partial charge in [0, 0.05) is 12.0 Å². The Morgan fingerprint density at radius 3 is 2.19 bits per heavy atom. The Hall–Kier alpha value is -1.85. The van der Waals surface area contributed by atoms with E-state index < -0.39 is 11.7 Å². The third-order valence-corrected chi connectivity index (χ3v) is 4.17. The highest BCUT2D eigenvalue weighted by molar-refractivity contribution is 5.84. The fraction of sp³-hybridized carbons (Fsp3) is 0.600. The van der Waals surface area contributed by atoms with Crippen molar-refractivity contribution in [3.05, 3.63) is 35.4 Å². The molecule has 0 radical (unpaired) electrons. The molecular weight excluding hydrogens is 341 g/mol. The monoisotopic (exact) mass is 370 g/mol. The van der Waals surface area contributed by atoms with Gasteiger partial charge in [0.05, 0.1) is 11.8 Å². The highest BCUT2D eigenvalue weighted by Gasteiger charge is 2.32. The van der Waals surface area contributed by atoms with Crippen LogP contribution >= 0.6 is 0 Å². The summed E-state index contributed by atoms with van der Waals surface area (Å²) in [4.78, 5) is 11.7. The molecule has 1 aromatic carbocycles. The fourth-order valence-electron chi connectivity index (χ4n) is 2.69. The summed E-state index contributed by atoms with van der Waals surface area (Å²) in [5.41, 5.74) is 1.47. The van der Waals surface area contributed by atoms with Crippen LogP contribution in [0, 0.1) is 0 Å². The molecule has 0 saturated heterocycles. The molecule has 1 N–H and O–H groups in total. The largest absolute Gasteiger partial charge is 0.417 e. The topological polar surface area (TPSA) is 41.5 Å². The molecule has 1 amide bonds. The van der Waals surface area contributed by atoms with Gasteiger partial charge in [-0.1, -0.05) is 76.5 Å². The minimum absolute atomic E-state index is 0.0663. The Morgan fingerprint density at radius 1 is 1.00 bits per heavy atom. The van der Waals surface area contributed by atoms with Crippen LogP contribution in [0.3, 0.4) is 0 Å². The average molecular weight is 370 g/mol. The van der Waals surface area contributed by atoms with E-state index in [0.717, 1.165) is 31.5 Å². The molecule has 26 heavy (non-hydrogen) atoms. The molecule has 0 unspecified atom stereocenters. The summed E-state index contributed by atoms with van der Waals surface area (Å²) in [6, 6.07) is 5.13. The number of halogens is 3. The molecular formula is C20H29F3N2O. The number of amides is 1. The molecule has 0 aromatic heterocycles. The maximum Gasteiger partial charge on any atom is 0.417 e. The van der Waals surface area contributed by atoms with E-state index in [1.807, 2.05) is 0 Å². The third kappa shape index (κ3) is 9.59. The molecule has 0 heterocycles. The van der Waals surface area contributed by atoms with Crippen LogP contribution in [0.15, 0.2) is 29.4 Å². The minimum atomic E-state index is -4.44. The number of nitrogens with one attached hydrogen (secondary N) is 1. The number of rotatable bonds is 12. The summed E-state index contributed by atoms with van der Waals surface area (Å²) < 4.78 is 38.5. The minimum Gasteiger partial charge on any atom is -0.273 e. The fourth-order valence-corrected chi connectivity index (χ4v) is 2.69. The standard InChI is InChI=1S/C20H29F3N2O/c1-2-3-4-5-6-7-8-9-10-15-19(26)25-24-16-17-13-11-12-14-18(17)20(21,22)23/h11-14,16H,2-10,15H2,1H3,(H,25,26)/b24-16+. The van der Waals surface area contributed by atoms with Gasteiger partial charge < -0.3 is 0 Å². The van der Waals surface area contributed by atoms with Crippen molar-refractivity contribution in [2.45, 2.75) is 77.3 Å². The Morgan fingerprint density at radius 2 is 1.58 bits per heavy atom. The number of benzene rings is 1. The average Bonchev–Trinajstić information content (AvgIpc) is 2.60. The normalized spacial score (nSPS) is 11.8. The van der Waals surface area contributed by atoms with Gasteiger partial charge in [0.25, 0.3) is 0 Å². The molecule has 146 valence electrons. The van der Waals surface area contributed by atoms with Gasteiger partial charge in [0.15, 0.2) is 0 Å². The lowest BCUT2D eigenvalue weighted by atomic mass is 10.1. The Bertz CT molecular complexity index is 556. The molecule has 0 spiro atoms. The van der Waals surface area contributed by atoms with Gasteiger partial charge >= 0.3 is 6.18 Å². The number of hydrazone groups is 1. The molecule has 3 nitrogen and oxygen atoms in total. The Balaban J connectivity index is 2.20. The highest BCUT2D eigenvalue weighted by Crippen LogP contribution is 2.31. The van der Waals surface area contributed by atoms with Crippen molar-refractivity contribution in [3.63, 3.8) is 0 Å². The summed E-state index contributed by atoms with van der Waals surface area (Å²) in [7, 11) is 0. The second-order valence-electron chi connectivity index (χ2n) is 6.46. The predicted octanol–water partition coefficient (Wildman–Crippen LogP) is 6.08. The van der Waals surface area contributed by atoms with Gasteiger partial charge in [-0.05, 0) is 12.5 Å². The van der Waals surface area contributed by atoms with Crippen molar-refractivity contribution in [1.82, 2.24) is 5.43 Å². The predicted molar refractivity (Wildman–Crippen MR) is 99.0 cm³/mol. The van der Waals surface area contributed by atoms with Crippen molar-refractivity contribution < 1.29 is 18.0 Å². The van der Waals surface area contributed by atoms with E-state index in [1.165, 1.54) is 56.7 Å². The maximum absolute atomic E-state index is 12.8.